The van der Waals surface area contributed by atoms with Crippen LogP contribution in [-0.4, -0.2) is 23.6 Å². The van der Waals surface area contributed by atoms with E-state index in [1.54, 1.807) is 11.8 Å². The van der Waals surface area contributed by atoms with Crippen molar-refractivity contribution in [1.82, 2.24) is 0 Å². The molecule has 1 N–H and O–H groups in total. The van der Waals surface area contributed by atoms with Crippen LogP contribution in [0.1, 0.15) is 17.2 Å². The van der Waals surface area contributed by atoms with Crippen molar-refractivity contribution in [2.45, 2.75) is 11.7 Å². The lowest BCUT2D eigenvalue weighted by Crippen LogP contribution is -2.16. The molecule has 4 nitrogen and oxygen atoms in total. The summed E-state index contributed by atoms with van der Waals surface area (Å²) in [4.78, 5) is 11.2. The van der Waals surface area contributed by atoms with E-state index in [1.165, 1.54) is 0 Å². The fourth-order valence-corrected chi connectivity index (χ4v) is 3.82. The molecule has 1 fully saturated rings. The summed E-state index contributed by atoms with van der Waals surface area (Å²) < 4.78 is 10.8. The highest BCUT2D eigenvalue weighted by molar-refractivity contribution is 7.99. The second-order valence-electron chi connectivity index (χ2n) is 4.11. The summed E-state index contributed by atoms with van der Waals surface area (Å²) in [5.41, 5.74) is 0.954. The fourth-order valence-electron chi connectivity index (χ4n) is 2.33. The van der Waals surface area contributed by atoms with Crippen molar-refractivity contribution in [3.63, 3.8) is 0 Å². The van der Waals surface area contributed by atoms with Crippen molar-refractivity contribution in [3.05, 3.63) is 23.8 Å². The quantitative estimate of drug-likeness (QED) is 0.875. The van der Waals surface area contributed by atoms with E-state index >= 15 is 0 Å². The number of ether oxygens (including phenoxy) is 2. The van der Waals surface area contributed by atoms with Gasteiger partial charge in [-0.25, -0.2) is 0 Å². The van der Waals surface area contributed by atoms with E-state index in [0.29, 0.717) is 0 Å². The monoisotopic (exact) mass is 252 g/mol. The highest BCUT2D eigenvalue weighted by Crippen LogP contribution is 2.50. The van der Waals surface area contributed by atoms with Gasteiger partial charge in [-0.2, -0.15) is 11.8 Å². The molecule has 0 aliphatic carbocycles. The number of fused-ring (bicyclic) bond motifs is 1. The lowest BCUT2D eigenvalue weighted by atomic mass is 9.96. The average molecular weight is 252 g/mol. The van der Waals surface area contributed by atoms with Crippen molar-refractivity contribution in [2.24, 2.45) is 5.92 Å². The summed E-state index contributed by atoms with van der Waals surface area (Å²) in [6.07, 6.45) is 0.717. The van der Waals surface area contributed by atoms with Gasteiger partial charge in [0.25, 0.3) is 0 Å². The zero-order chi connectivity index (χ0) is 11.8. The molecule has 5 heteroatoms. The first kappa shape index (κ1) is 10.8. The molecule has 0 spiro atoms. The highest BCUT2D eigenvalue weighted by Gasteiger charge is 2.37. The largest absolute Gasteiger partial charge is 0.481 e. The Kier molecular flexibility index (Phi) is 2.63. The third-order valence-electron chi connectivity index (χ3n) is 3.14. The molecule has 3 rings (SSSR count). The molecule has 0 radical (unpaired) electrons. The first-order valence-electron chi connectivity index (χ1n) is 5.50. The lowest BCUT2D eigenvalue weighted by molar-refractivity contribution is -0.141. The van der Waals surface area contributed by atoms with Crippen molar-refractivity contribution >= 4 is 17.7 Å². The second-order valence-corrected chi connectivity index (χ2v) is 5.36. The third kappa shape index (κ3) is 1.74. The Morgan fingerprint density at radius 2 is 2.29 bits per heavy atom. The van der Waals surface area contributed by atoms with Gasteiger partial charge in [-0.05, 0) is 18.2 Å². The van der Waals surface area contributed by atoms with Crippen LogP contribution in [0.4, 0.5) is 0 Å². The number of hydrogen-bond acceptors (Lipinski definition) is 4. The minimum Gasteiger partial charge on any atom is -0.481 e. The van der Waals surface area contributed by atoms with Gasteiger partial charge in [0.2, 0.25) is 6.79 Å². The summed E-state index contributed by atoms with van der Waals surface area (Å²) in [5.74, 6) is 1.27. The zero-order valence-electron chi connectivity index (χ0n) is 9.09. The molecule has 17 heavy (non-hydrogen) atoms. The van der Waals surface area contributed by atoms with Crippen molar-refractivity contribution in [1.29, 1.82) is 0 Å². The molecule has 1 saturated heterocycles. The van der Waals surface area contributed by atoms with Crippen LogP contribution in [0.15, 0.2) is 18.2 Å². The number of aliphatic carboxylic acids is 1. The molecule has 0 bridgehead atoms. The topological polar surface area (TPSA) is 55.8 Å². The Labute approximate surface area is 103 Å². The molecule has 2 aliphatic rings. The molecule has 1 aromatic carbocycles. The summed E-state index contributed by atoms with van der Waals surface area (Å²) in [5, 5.41) is 9.18. The van der Waals surface area contributed by atoms with Gasteiger partial charge in [0.1, 0.15) is 0 Å². The van der Waals surface area contributed by atoms with Crippen LogP contribution in [0.3, 0.4) is 0 Å². The molecule has 0 aromatic heterocycles. The number of carboxylic acids is 1. The standard InChI is InChI=1S/C12H12O4S/c13-12(14)8-4-5-17-11(8)7-2-1-3-9-10(7)16-6-15-9/h1-3,8,11H,4-6H2,(H,13,14). The van der Waals surface area contributed by atoms with Crippen molar-refractivity contribution in [2.75, 3.05) is 12.5 Å². The normalized spacial score (nSPS) is 26.1. The second kappa shape index (κ2) is 4.14. The number of carboxylic acid groups (broad SMARTS) is 1. The smallest absolute Gasteiger partial charge is 0.308 e. The van der Waals surface area contributed by atoms with E-state index in [1.807, 2.05) is 18.2 Å². The van der Waals surface area contributed by atoms with Crippen LogP contribution in [0.2, 0.25) is 0 Å². The van der Waals surface area contributed by atoms with Gasteiger partial charge in [0, 0.05) is 10.8 Å². The number of hydrogen-bond donors (Lipinski definition) is 1. The van der Waals surface area contributed by atoms with Crippen LogP contribution in [0, 0.1) is 5.92 Å². The Bertz CT molecular complexity index is 460. The van der Waals surface area contributed by atoms with Gasteiger partial charge < -0.3 is 14.6 Å². The fraction of sp³-hybridized carbons (Fsp3) is 0.417. The molecule has 90 valence electrons. The van der Waals surface area contributed by atoms with Gasteiger partial charge in [-0.1, -0.05) is 12.1 Å². The lowest BCUT2D eigenvalue weighted by Gasteiger charge is -2.16. The highest BCUT2D eigenvalue weighted by atomic mass is 32.2. The van der Waals surface area contributed by atoms with Crippen LogP contribution < -0.4 is 9.47 Å². The van der Waals surface area contributed by atoms with E-state index in [0.717, 1.165) is 29.2 Å². The molecule has 2 unspecified atom stereocenters. The SMILES string of the molecule is O=C(O)C1CCSC1c1cccc2c1OCO2. The molecule has 0 saturated carbocycles. The third-order valence-corrected chi connectivity index (χ3v) is 4.56. The average Bonchev–Trinajstić information content (AvgIpc) is 2.97. The van der Waals surface area contributed by atoms with Crippen LogP contribution in [0.25, 0.3) is 0 Å². The molecule has 1 aromatic rings. The first-order valence-corrected chi connectivity index (χ1v) is 6.55. The maximum Gasteiger partial charge on any atom is 0.308 e. The Morgan fingerprint density at radius 3 is 3.12 bits per heavy atom. The minimum absolute atomic E-state index is 0.0239. The van der Waals surface area contributed by atoms with Gasteiger partial charge in [0.05, 0.1) is 5.92 Å². The van der Waals surface area contributed by atoms with Gasteiger partial charge in [0.15, 0.2) is 11.5 Å². The number of para-hydroxylation sites is 1. The van der Waals surface area contributed by atoms with Crippen LogP contribution >= 0.6 is 11.8 Å². The molecule has 2 heterocycles. The molecular formula is C12H12O4S. The van der Waals surface area contributed by atoms with Gasteiger partial charge >= 0.3 is 5.97 Å². The number of thioether (sulfide) groups is 1. The number of carbonyl (C=O) groups is 1. The van der Waals surface area contributed by atoms with Crippen LogP contribution in [0.5, 0.6) is 11.5 Å². The molecule has 2 aliphatic heterocycles. The molecular weight excluding hydrogens is 240 g/mol. The van der Waals surface area contributed by atoms with E-state index in [-0.39, 0.29) is 18.0 Å². The van der Waals surface area contributed by atoms with Gasteiger partial charge in [-0.3, -0.25) is 4.79 Å². The number of benzene rings is 1. The summed E-state index contributed by atoms with van der Waals surface area (Å²) in [7, 11) is 0. The van der Waals surface area contributed by atoms with Gasteiger partial charge in [-0.15, -0.1) is 0 Å². The number of rotatable bonds is 2. The predicted molar refractivity (Wildman–Crippen MR) is 63.5 cm³/mol. The first-order chi connectivity index (χ1) is 8.27. The predicted octanol–water partition coefficient (Wildman–Crippen LogP) is 2.29. The van der Waals surface area contributed by atoms with Crippen molar-refractivity contribution in [3.8, 4) is 11.5 Å². The molecule has 2 atom stereocenters. The molecule has 0 amide bonds. The van der Waals surface area contributed by atoms with Crippen molar-refractivity contribution < 1.29 is 19.4 Å². The summed E-state index contributed by atoms with van der Waals surface area (Å²) in [6.45, 7) is 0.224. The summed E-state index contributed by atoms with van der Waals surface area (Å²) >= 11 is 1.68. The summed E-state index contributed by atoms with van der Waals surface area (Å²) in [6, 6.07) is 5.67. The van der Waals surface area contributed by atoms with E-state index in [9.17, 15) is 9.90 Å². The maximum atomic E-state index is 11.2. The maximum absolute atomic E-state index is 11.2. The van der Waals surface area contributed by atoms with E-state index < -0.39 is 5.97 Å². The zero-order valence-corrected chi connectivity index (χ0v) is 9.90. The van der Waals surface area contributed by atoms with Crippen LogP contribution in [-0.2, 0) is 4.79 Å². The Morgan fingerprint density at radius 1 is 1.41 bits per heavy atom. The van der Waals surface area contributed by atoms with E-state index in [4.69, 9.17) is 9.47 Å². The Balaban J connectivity index is 1.99. The Hall–Kier alpha value is -1.36. The minimum atomic E-state index is -0.725. The van der Waals surface area contributed by atoms with E-state index in [2.05, 4.69) is 0 Å².